The molecule has 1 unspecified atom stereocenters. The van der Waals surface area contributed by atoms with Crippen LogP contribution in [0.1, 0.15) is 45.6 Å². The van der Waals surface area contributed by atoms with Gasteiger partial charge in [0.15, 0.2) is 0 Å². The zero-order valence-corrected chi connectivity index (χ0v) is 11.7. The van der Waals surface area contributed by atoms with Crippen LogP contribution in [0.4, 0.5) is 11.6 Å². The van der Waals surface area contributed by atoms with Crippen molar-refractivity contribution in [2.75, 3.05) is 23.8 Å². The molecule has 1 atom stereocenters. The minimum atomic E-state index is -0.0172. The van der Waals surface area contributed by atoms with E-state index in [1.165, 1.54) is 0 Å². The highest BCUT2D eigenvalue weighted by atomic mass is 16.3. The molecule has 3 N–H and O–H groups in total. The Morgan fingerprint density at radius 3 is 2.44 bits per heavy atom. The van der Waals surface area contributed by atoms with Crippen LogP contribution in [0.15, 0.2) is 6.33 Å². The van der Waals surface area contributed by atoms with Crippen molar-refractivity contribution in [1.82, 2.24) is 9.97 Å². The van der Waals surface area contributed by atoms with Gasteiger partial charge in [-0.05, 0) is 19.3 Å². The molecule has 0 saturated carbocycles. The number of anilines is 2. The smallest absolute Gasteiger partial charge is 0.135 e. The maximum Gasteiger partial charge on any atom is 0.135 e. The number of hydrogen-bond donors (Lipinski definition) is 3. The molecule has 0 saturated heterocycles. The fraction of sp³-hybridized carbons (Fsp3) is 0.692. The van der Waals surface area contributed by atoms with E-state index >= 15 is 0 Å². The molecule has 0 aliphatic heterocycles. The standard InChI is InChI=1S/C13H24N4O/c1-5-6-14-12-11(9(2)3)13(16-8-15-12)17-10(4)7-18/h8-10,18H,5-7H2,1-4H3,(H2,14,15,16,17). The summed E-state index contributed by atoms with van der Waals surface area (Å²) in [7, 11) is 0. The molecule has 5 nitrogen and oxygen atoms in total. The van der Waals surface area contributed by atoms with Crippen LogP contribution < -0.4 is 10.6 Å². The van der Waals surface area contributed by atoms with Crippen LogP contribution in [-0.2, 0) is 0 Å². The van der Waals surface area contributed by atoms with Crippen molar-refractivity contribution >= 4 is 11.6 Å². The molecular formula is C13H24N4O. The first kappa shape index (κ1) is 14.7. The van der Waals surface area contributed by atoms with Gasteiger partial charge in [-0.15, -0.1) is 0 Å². The molecule has 0 aliphatic carbocycles. The fourth-order valence-corrected chi connectivity index (χ4v) is 1.72. The van der Waals surface area contributed by atoms with Crippen molar-refractivity contribution in [3.63, 3.8) is 0 Å². The van der Waals surface area contributed by atoms with Crippen LogP contribution >= 0.6 is 0 Å². The molecule has 1 rings (SSSR count). The van der Waals surface area contributed by atoms with Gasteiger partial charge in [0.25, 0.3) is 0 Å². The van der Waals surface area contributed by atoms with Gasteiger partial charge >= 0.3 is 0 Å². The van der Waals surface area contributed by atoms with Gasteiger partial charge in [0.1, 0.15) is 18.0 Å². The van der Waals surface area contributed by atoms with Crippen LogP contribution in [0.25, 0.3) is 0 Å². The summed E-state index contributed by atoms with van der Waals surface area (Å²) in [5.74, 6) is 2.01. The molecule has 0 bridgehead atoms. The minimum absolute atomic E-state index is 0.0172. The Morgan fingerprint density at radius 2 is 1.89 bits per heavy atom. The molecule has 5 heteroatoms. The van der Waals surface area contributed by atoms with Crippen molar-refractivity contribution in [1.29, 1.82) is 0 Å². The maximum absolute atomic E-state index is 9.11. The topological polar surface area (TPSA) is 70.1 Å². The van der Waals surface area contributed by atoms with Crippen LogP contribution in [0, 0.1) is 0 Å². The molecule has 0 fully saturated rings. The predicted molar refractivity (Wildman–Crippen MR) is 75.1 cm³/mol. The summed E-state index contributed by atoms with van der Waals surface area (Å²) in [6, 6.07) is -0.0172. The molecular weight excluding hydrogens is 228 g/mol. The Morgan fingerprint density at radius 1 is 1.22 bits per heavy atom. The number of aliphatic hydroxyl groups excluding tert-OH is 1. The second-order valence-electron chi connectivity index (χ2n) is 4.79. The van der Waals surface area contributed by atoms with E-state index < -0.39 is 0 Å². The third kappa shape index (κ3) is 3.84. The van der Waals surface area contributed by atoms with Gasteiger partial charge in [-0.3, -0.25) is 0 Å². The summed E-state index contributed by atoms with van der Waals surface area (Å²) in [6.07, 6.45) is 2.60. The summed E-state index contributed by atoms with van der Waals surface area (Å²) in [5, 5.41) is 15.7. The maximum atomic E-state index is 9.11. The Kier molecular flexibility index (Phi) is 5.85. The summed E-state index contributed by atoms with van der Waals surface area (Å²) in [4.78, 5) is 8.59. The number of aromatic nitrogens is 2. The highest BCUT2D eigenvalue weighted by molar-refractivity contribution is 5.59. The Balaban J connectivity index is 3.01. The normalized spacial score (nSPS) is 12.6. The molecule has 102 valence electrons. The summed E-state index contributed by atoms with van der Waals surface area (Å²) in [6.45, 7) is 9.25. The highest BCUT2D eigenvalue weighted by Gasteiger charge is 2.15. The van der Waals surface area contributed by atoms with Crippen molar-refractivity contribution < 1.29 is 5.11 Å². The lowest BCUT2D eigenvalue weighted by Crippen LogP contribution is -2.22. The van der Waals surface area contributed by atoms with Crippen molar-refractivity contribution in [2.24, 2.45) is 0 Å². The van der Waals surface area contributed by atoms with Crippen molar-refractivity contribution in [3.05, 3.63) is 11.9 Å². The number of aliphatic hydroxyl groups is 1. The summed E-state index contributed by atoms with van der Waals surface area (Å²) in [5.41, 5.74) is 1.08. The van der Waals surface area contributed by atoms with Crippen LogP contribution in [0.2, 0.25) is 0 Å². The minimum Gasteiger partial charge on any atom is -0.394 e. The Labute approximate surface area is 109 Å². The molecule has 1 heterocycles. The summed E-state index contributed by atoms with van der Waals surface area (Å²) < 4.78 is 0. The average molecular weight is 252 g/mol. The Hall–Kier alpha value is -1.36. The first-order chi connectivity index (χ1) is 8.60. The lowest BCUT2D eigenvalue weighted by atomic mass is 10.0. The molecule has 0 aromatic carbocycles. The van der Waals surface area contributed by atoms with Gasteiger partial charge in [0.2, 0.25) is 0 Å². The summed E-state index contributed by atoms with van der Waals surface area (Å²) >= 11 is 0. The van der Waals surface area contributed by atoms with E-state index in [2.05, 4.69) is 41.4 Å². The quantitative estimate of drug-likeness (QED) is 0.694. The number of rotatable bonds is 7. The van der Waals surface area contributed by atoms with Gasteiger partial charge < -0.3 is 15.7 Å². The second-order valence-corrected chi connectivity index (χ2v) is 4.79. The van der Waals surface area contributed by atoms with E-state index in [1.807, 2.05) is 6.92 Å². The van der Waals surface area contributed by atoms with E-state index in [0.29, 0.717) is 5.92 Å². The molecule has 1 aromatic heterocycles. The molecule has 0 amide bonds. The highest BCUT2D eigenvalue weighted by Crippen LogP contribution is 2.28. The van der Waals surface area contributed by atoms with Gasteiger partial charge in [0, 0.05) is 18.2 Å². The molecule has 0 spiro atoms. The van der Waals surface area contributed by atoms with Crippen molar-refractivity contribution in [3.8, 4) is 0 Å². The molecule has 0 aliphatic rings. The first-order valence-electron chi connectivity index (χ1n) is 6.56. The van der Waals surface area contributed by atoms with Crippen LogP contribution in [-0.4, -0.2) is 34.3 Å². The molecule has 1 aromatic rings. The zero-order valence-electron chi connectivity index (χ0n) is 11.7. The largest absolute Gasteiger partial charge is 0.394 e. The monoisotopic (exact) mass is 252 g/mol. The number of nitrogens with zero attached hydrogens (tertiary/aromatic N) is 2. The SMILES string of the molecule is CCCNc1ncnc(NC(C)CO)c1C(C)C. The van der Waals surface area contributed by atoms with Crippen molar-refractivity contribution in [2.45, 2.75) is 46.1 Å². The lowest BCUT2D eigenvalue weighted by molar-refractivity contribution is 0.281. The van der Waals surface area contributed by atoms with Gasteiger partial charge in [-0.2, -0.15) is 0 Å². The van der Waals surface area contributed by atoms with E-state index in [-0.39, 0.29) is 12.6 Å². The second kappa shape index (κ2) is 7.16. The molecule has 18 heavy (non-hydrogen) atoms. The van der Waals surface area contributed by atoms with E-state index in [9.17, 15) is 0 Å². The van der Waals surface area contributed by atoms with E-state index in [1.54, 1.807) is 6.33 Å². The van der Waals surface area contributed by atoms with Crippen LogP contribution in [0.5, 0.6) is 0 Å². The van der Waals surface area contributed by atoms with Crippen LogP contribution in [0.3, 0.4) is 0 Å². The zero-order chi connectivity index (χ0) is 13.5. The lowest BCUT2D eigenvalue weighted by Gasteiger charge is -2.19. The third-order valence-corrected chi connectivity index (χ3v) is 2.66. The third-order valence-electron chi connectivity index (χ3n) is 2.66. The average Bonchev–Trinajstić information content (AvgIpc) is 2.35. The fourth-order valence-electron chi connectivity index (χ4n) is 1.72. The Bertz CT molecular complexity index is 368. The van der Waals surface area contributed by atoms with Gasteiger partial charge in [0.05, 0.1) is 6.61 Å². The van der Waals surface area contributed by atoms with Gasteiger partial charge in [-0.1, -0.05) is 20.8 Å². The predicted octanol–water partition coefficient (Wildman–Crippen LogP) is 2.21. The van der Waals surface area contributed by atoms with E-state index in [4.69, 9.17) is 5.11 Å². The molecule has 0 radical (unpaired) electrons. The van der Waals surface area contributed by atoms with E-state index in [0.717, 1.165) is 30.2 Å². The van der Waals surface area contributed by atoms with Gasteiger partial charge in [-0.25, -0.2) is 9.97 Å². The number of nitrogens with one attached hydrogen (secondary N) is 2. The number of hydrogen-bond acceptors (Lipinski definition) is 5. The first-order valence-corrected chi connectivity index (χ1v) is 6.56.